The van der Waals surface area contributed by atoms with Crippen LogP contribution in [0.3, 0.4) is 0 Å². The summed E-state index contributed by atoms with van der Waals surface area (Å²) in [5, 5.41) is 0. The second-order valence-corrected chi connectivity index (χ2v) is 5.31. The van der Waals surface area contributed by atoms with Gasteiger partial charge in [0.1, 0.15) is 0 Å². The average Bonchev–Trinajstić information content (AvgIpc) is 2.47. The molecule has 2 aromatic rings. The molecule has 2 N–H and O–H groups in total. The average molecular weight is 334 g/mol. The summed E-state index contributed by atoms with van der Waals surface area (Å²) >= 11 is 3.33. The Hall–Kier alpha value is -1.72. The molecule has 2 rings (SSSR count). The van der Waals surface area contributed by atoms with E-state index in [1.54, 1.807) is 23.4 Å². The molecule has 1 amide bonds. The third kappa shape index (κ3) is 3.88. The van der Waals surface area contributed by atoms with Gasteiger partial charge in [0, 0.05) is 36.5 Å². The van der Waals surface area contributed by atoms with Crippen LogP contribution >= 0.6 is 15.9 Å². The van der Waals surface area contributed by atoms with Gasteiger partial charge in [-0.05, 0) is 27.6 Å². The summed E-state index contributed by atoms with van der Waals surface area (Å²) in [6.45, 7) is 1.49. The molecular weight excluding hydrogens is 318 g/mol. The molecule has 0 bridgehead atoms. The minimum atomic E-state index is -0.0619. The molecule has 0 unspecified atom stereocenters. The summed E-state index contributed by atoms with van der Waals surface area (Å²) in [6.07, 6.45) is 3.23. The van der Waals surface area contributed by atoms with Gasteiger partial charge in [-0.1, -0.05) is 30.3 Å². The lowest BCUT2D eigenvalue weighted by Crippen LogP contribution is -2.35. The highest BCUT2D eigenvalue weighted by Crippen LogP contribution is 2.13. The van der Waals surface area contributed by atoms with E-state index in [0.29, 0.717) is 25.2 Å². The van der Waals surface area contributed by atoms with Crippen LogP contribution < -0.4 is 5.73 Å². The minimum absolute atomic E-state index is 0.0619. The fourth-order valence-corrected chi connectivity index (χ4v) is 2.29. The number of hydrogen-bond acceptors (Lipinski definition) is 3. The van der Waals surface area contributed by atoms with Crippen molar-refractivity contribution in [3.63, 3.8) is 0 Å². The van der Waals surface area contributed by atoms with Crippen LogP contribution in [0.4, 0.5) is 0 Å². The van der Waals surface area contributed by atoms with E-state index in [-0.39, 0.29) is 5.91 Å². The van der Waals surface area contributed by atoms with Crippen molar-refractivity contribution in [3.8, 4) is 0 Å². The quantitative estimate of drug-likeness (QED) is 0.914. The number of aromatic nitrogens is 1. The van der Waals surface area contributed by atoms with Crippen molar-refractivity contribution in [1.29, 1.82) is 0 Å². The molecule has 1 aromatic heterocycles. The van der Waals surface area contributed by atoms with Gasteiger partial charge in [0.15, 0.2) is 0 Å². The Bertz CT molecular complexity index is 574. The first kappa shape index (κ1) is 14.7. The standard InChI is InChI=1S/C15H16BrN3O/c16-14-8-13(9-18-10-14)15(20)19(7-6-17)11-12-4-2-1-3-5-12/h1-5,8-10H,6-7,11,17H2. The number of hydrogen-bond donors (Lipinski definition) is 1. The first-order chi connectivity index (χ1) is 9.70. The number of carbonyl (C=O) groups excluding carboxylic acids is 1. The fourth-order valence-electron chi connectivity index (χ4n) is 1.92. The van der Waals surface area contributed by atoms with E-state index in [9.17, 15) is 4.79 Å². The van der Waals surface area contributed by atoms with Crippen LogP contribution in [0.2, 0.25) is 0 Å². The van der Waals surface area contributed by atoms with Gasteiger partial charge >= 0.3 is 0 Å². The van der Waals surface area contributed by atoms with Crippen LogP contribution in [0.15, 0.2) is 53.3 Å². The molecule has 0 aliphatic carbocycles. The maximum absolute atomic E-state index is 12.5. The highest BCUT2D eigenvalue weighted by Gasteiger charge is 2.16. The first-order valence-corrected chi connectivity index (χ1v) is 7.14. The predicted octanol–water partition coefficient (Wildman–Crippen LogP) is 2.45. The van der Waals surface area contributed by atoms with E-state index in [0.717, 1.165) is 10.0 Å². The van der Waals surface area contributed by atoms with Gasteiger partial charge in [-0.25, -0.2) is 0 Å². The van der Waals surface area contributed by atoms with E-state index in [4.69, 9.17) is 5.73 Å². The lowest BCUT2D eigenvalue weighted by Gasteiger charge is -2.22. The van der Waals surface area contributed by atoms with E-state index in [1.165, 1.54) is 0 Å². The fraction of sp³-hybridized carbons (Fsp3) is 0.200. The van der Waals surface area contributed by atoms with E-state index in [1.807, 2.05) is 30.3 Å². The second kappa shape index (κ2) is 7.17. The van der Waals surface area contributed by atoms with Crippen LogP contribution in [-0.2, 0) is 6.54 Å². The minimum Gasteiger partial charge on any atom is -0.333 e. The van der Waals surface area contributed by atoms with Gasteiger partial charge in [0.05, 0.1) is 5.56 Å². The van der Waals surface area contributed by atoms with Gasteiger partial charge in [-0.15, -0.1) is 0 Å². The number of nitrogens with zero attached hydrogens (tertiary/aromatic N) is 2. The number of pyridine rings is 1. The summed E-state index contributed by atoms with van der Waals surface area (Å²) in [5.74, 6) is -0.0619. The second-order valence-electron chi connectivity index (χ2n) is 4.39. The molecular formula is C15H16BrN3O. The molecule has 1 aromatic carbocycles. The predicted molar refractivity (Wildman–Crippen MR) is 82.2 cm³/mol. The van der Waals surface area contributed by atoms with Crippen molar-refractivity contribution in [2.45, 2.75) is 6.54 Å². The maximum atomic E-state index is 12.5. The van der Waals surface area contributed by atoms with Crippen molar-refractivity contribution in [1.82, 2.24) is 9.88 Å². The smallest absolute Gasteiger partial charge is 0.255 e. The highest BCUT2D eigenvalue weighted by atomic mass is 79.9. The number of nitrogens with two attached hydrogens (primary N) is 1. The van der Waals surface area contributed by atoms with Gasteiger partial charge in [-0.2, -0.15) is 0 Å². The molecule has 1 heterocycles. The normalized spacial score (nSPS) is 10.3. The van der Waals surface area contributed by atoms with Crippen molar-refractivity contribution in [2.24, 2.45) is 5.73 Å². The number of rotatable bonds is 5. The lowest BCUT2D eigenvalue weighted by molar-refractivity contribution is 0.0747. The van der Waals surface area contributed by atoms with Crippen molar-refractivity contribution < 1.29 is 4.79 Å². The Labute approximate surface area is 126 Å². The summed E-state index contributed by atoms with van der Waals surface area (Å²) < 4.78 is 0.788. The Kier molecular flexibility index (Phi) is 5.26. The van der Waals surface area contributed by atoms with Gasteiger partial charge in [-0.3, -0.25) is 9.78 Å². The molecule has 0 atom stereocenters. The Balaban J connectivity index is 2.18. The molecule has 0 radical (unpaired) electrons. The Morgan fingerprint density at radius 2 is 2.00 bits per heavy atom. The zero-order valence-corrected chi connectivity index (χ0v) is 12.6. The number of amides is 1. The van der Waals surface area contributed by atoms with Crippen molar-refractivity contribution >= 4 is 21.8 Å². The molecule has 0 aliphatic rings. The molecule has 0 spiro atoms. The molecule has 104 valence electrons. The maximum Gasteiger partial charge on any atom is 0.255 e. The molecule has 0 saturated carbocycles. The van der Waals surface area contributed by atoms with Gasteiger partial charge in [0.2, 0.25) is 0 Å². The third-order valence-corrected chi connectivity index (χ3v) is 3.29. The molecule has 0 aliphatic heterocycles. The monoisotopic (exact) mass is 333 g/mol. The van der Waals surface area contributed by atoms with Crippen LogP contribution in [0.25, 0.3) is 0 Å². The number of carbonyl (C=O) groups is 1. The van der Waals surface area contributed by atoms with Crippen LogP contribution in [0.1, 0.15) is 15.9 Å². The molecule has 5 heteroatoms. The number of benzene rings is 1. The van der Waals surface area contributed by atoms with Crippen LogP contribution in [-0.4, -0.2) is 28.9 Å². The van der Waals surface area contributed by atoms with Gasteiger partial charge < -0.3 is 10.6 Å². The zero-order chi connectivity index (χ0) is 14.4. The third-order valence-electron chi connectivity index (χ3n) is 2.85. The van der Waals surface area contributed by atoms with Gasteiger partial charge in [0.25, 0.3) is 5.91 Å². The zero-order valence-electron chi connectivity index (χ0n) is 11.0. The Morgan fingerprint density at radius 1 is 1.25 bits per heavy atom. The summed E-state index contributed by atoms with van der Waals surface area (Å²) in [6, 6.07) is 11.6. The van der Waals surface area contributed by atoms with E-state index >= 15 is 0 Å². The SMILES string of the molecule is NCCN(Cc1ccccc1)C(=O)c1cncc(Br)c1. The summed E-state index contributed by atoms with van der Waals surface area (Å²) in [4.78, 5) is 18.3. The van der Waals surface area contributed by atoms with E-state index < -0.39 is 0 Å². The highest BCUT2D eigenvalue weighted by molar-refractivity contribution is 9.10. The lowest BCUT2D eigenvalue weighted by atomic mass is 10.2. The number of halogens is 1. The molecule has 20 heavy (non-hydrogen) atoms. The molecule has 4 nitrogen and oxygen atoms in total. The van der Waals surface area contributed by atoms with Crippen molar-refractivity contribution in [3.05, 3.63) is 64.4 Å². The van der Waals surface area contributed by atoms with Crippen LogP contribution in [0, 0.1) is 0 Å². The largest absolute Gasteiger partial charge is 0.333 e. The topological polar surface area (TPSA) is 59.2 Å². The van der Waals surface area contributed by atoms with Crippen LogP contribution in [0.5, 0.6) is 0 Å². The van der Waals surface area contributed by atoms with Crippen molar-refractivity contribution in [2.75, 3.05) is 13.1 Å². The summed E-state index contributed by atoms with van der Waals surface area (Å²) in [5.41, 5.74) is 7.25. The molecule has 0 saturated heterocycles. The Morgan fingerprint density at radius 3 is 2.65 bits per heavy atom. The summed E-state index contributed by atoms with van der Waals surface area (Å²) in [7, 11) is 0. The van der Waals surface area contributed by atoms with E-state index in [2.05, 4.69) is 20.9 Å². The first-order valence-electron chi connectivity index (χ1n) is 6.34. The molecule has 0 fully saturated rings.